The van der Waals surface area contributed by atoms with Crippen molar-refractivity contribution in [2.75, 3.05) is 39.8 Å². The van der Waals surface area contributed by atoms with E-state index in [2.05, 4.69) is 29.2 Å². The van der Waals surface area contributed by atoms with E-state index in [9.17, 15) is 4.79 Å². The maximum absolute atomic E-state index is 12.3. The van der Waals surface area contributed by atoms with Gasteiger partial charge in [-0.15, -0.1) is 0 Å². The van der Waals surface area contributed by atoms with E-state index in [4.69, 9.17) is 5.11 Å². The first kappa shape index (κ1) is 14.5. The van der Waals surface area contributed by atoms with Crippen molar-refractivity contribution in [3.8, 4) is 11.8 Å². The molecular formula is C15H19N3O2. The Morgan fingerprint density at radius 3 is 2.70 bits per heavy atom. The van der Waals surface area contributed by atoms with Crippen LogP contribution < -0.4 is 5.43 Å². The van der Waals surface area contributed by atoms with Crippen LogP contribution >= 0.6 is 0 Å². The summed E-state index contributed by atoms with van der Waals surface area (Å²) in [6, 6.07) is 7.16. The van der Waals surface area contributed by atoms with Gasteiger partial charge >= 0.3 is 0 Å². The number of rotatable bonds is 2. The third-order valence-corrected chi connectivity index (χ3v) is 3.24. The van der Waals surface area contributed by atoms with Crippen molar-refractivity contribution in [2.24, 2.45) is 0 Å². The minimum atomic E-state index is -0.214. The molecule has 1 fully saturated rings. The lowest BCUT2D eigenvalue weighted by Crippen LogP contribution is -2.52. The van der Waals surface area contributed by atoms with Crippen LogP contribution in [0.5, 0.6) is 0 Å². The van der Waals surface area contributed by atoms with Crippen LogP contribution in [-0.2, 0) is 0 Å². The third kappa shape index (κ3) is 3.81. The van der Waals surface area contributed by atoms with Crippen LogP contribution in [-0.4, -0.2) is 60.8 Å². The van der Waals surface area contributed by atoms with Crippen LogP contribution in [0.1, 0.15) is 15.9 Å². The average molecular weight is 273 g/mol. The molecule has 0 unspecified atom stereocenters. The number of carbonyl (C=O) groups excluding carboxylic acids is 1. The number of hydrogen-bond donors (Lipinski definition) is 2. The molecule has 0 aromatic heterocycles. The monoisotopic (exact) mass is 273 g/mol. The second-order valence-electron chi connectivity index (χ2n) is 4.74. The first-order valence-corrected chi connectivity index (χ1v) is 6.64. The minimum absolute atomic E-state index is 0.155. The first-order valence-electron chi connectivity index (χ1n) is 6.64. The van der Waals surface area contributed by atoms with Crippen LogP contribution in [0, 0.1) is 11.8 Å². The van der Waals surface area contributed by atoms with Crippen molar-refractivity contribution in [3.63, 3.8) is 0 Å². The summed E-state index contributed by atoms with van der Waals surface area (Å²) in [5, 5.41) is 10.7. The summed E-state index contributed by atoms with van der Waals surface area (Å²) in [5.74, 6) is 5.22. The molecule has 0 radical (unpaired) electrons. The lowest BCUT2D eigenvalue weighted by molar-refractivity contribution is 0.0662. The molecule has 106 valence electrons. The Morgan fingerprint density at radius 2 is 2.00 bits per heavy atom. The Hall–Kier alpha value is -1.87. The number of hydrogen-bond acceptors (Lipinski definition) is 4. The highest BCUT2D eigenvalue weighted by Crippen LogP contribution is 2.08. The molecule has 1 aromatic carbocycles. The molecule has 1 amide bonds. The van der Waals surface area contributed by atoms with Crippen molar-refractivity contribution >= 4 is 5.91 Å². The molecular weight excluding hydrogens is 254 g/mol. The fraction of sp³-hybridized carbons (Fsp3) is 0.400. The molecule has 0 bridgehead atoms. The van der Waals surface area contributed by atoms with Crippen LogP contribution in [0.4, 0.5) is 0 Å². The van der Waals surface area contributed by atoms with Gasteiger partial charge in [-0.05, 0) is 19.2 Å². The summed E-state index contributed by atoms with van der Waals surface area (Å²) in [6.07, 6.45) is 0. The zero-order valence-corrected chi connectivity index (χ0v) is 11.6. The summed E-state index contributed by atoms with van der Waals surface area (Å²) in [6.45, 7) is 3.28. The van der Waals surface area contributed by atoms with E-state index in [1.54, 1.807) is 12.1 Å². The van der Waals surface area contributed by atoms with E-state index in [-0.39, 0.29) is 12.5 Å². The fourth-order valence-corrected chi connectivity index (χ4v) is 2.05. The van der Waals surface area contributed by atoms with Crippen molar-refractivity contribution in [2.45, 2.75) is 0 Å². The number of hydrazine groups is 1. The van der Waals surface area contributed by atoms with Gasteiger partial charge in [-0.2, -0.15) is 0 Å². The Morgan fingerprint density at radius 1 is 1.30 bits per heavy atom. The van der Waals surface area contributed by atoms with Crippen molar-refractivity contribution < 1.29 is 9.90 Å². The molecule has 5 heteroatoms. The van der Waals surface area contributed by atoms with E-state index in [0.29, 0.717) is 11.1 Å². The van der Waals surface area contributed by atoms with E-state index in [1.807, 2.05) is 17.1 Å². The summed E-state index contributed by atoms with van der Waals surface area (Å²) >= 11 is 0. The van der Waals surface area contributed by atoms with Gasteiger partial charge in [-0.3, -0.25) is 10.2 Å². The fourth-order valence-electron chi connectivity index (χ4n) is 2.05. The normalized spacial score (nSPS) is 16.3. The Bertz CT molecular complexity index is 525. The van der Waals surface area contributed by atoms with Gasteiger partial charge in [0, 0.05) is 31.7 Å². The summed E-state index contributed by atoms with van der Waals surface area (Å²) in [7, 11) is 2.07. The molecule has 0 aliphatic carbocycles. The molecule has 20 heavy (non-hydrogen) atoms. The smallest absolute Gasteiger partial charge is 0.266 e. The summed E-state index contributed by atoms with van der Waals surface area (Å²) in [5.41, 5.74) is 4.08. The van der Waals surface area contributed by atoms with Gasteiger partial charge in [0.05, 0.1) is 5.56 Å². The van der Waals surface area contributed by atoms with Gasteiger partial charge in [-0.1, -0.05) is 24.0 Å². The van der Waals surface area contributed by atoms with Gasteiger partial charge in [0.2, 0.25) is 0 Å². The van der Waals surface area contributed by atoms with Gasteiger partial charge in [-0.25, -0.2) is 5.01 Å². The van der Waals surface area contributed by atoms with E-state index < -0.39 is 0 Å². The molecule has 1 heterocycles. The van der Waals surface area contributed by atoms with E-state index >= 15 is 0 Å². The zero-order valence-electron chi connectivity index (χ0n) is 11.6. The third-order valence-electron chi connectivity index (χ3n) is 3.24. The van der Waals surface area contributed by atoms with Crippen molar-refractivity contribution in [3.05, 3.63) is 35.4 Å². The number of likely N-dealkylation sites (N-methyl/N-ethyl adjacent to an activating group) is 1. The molecule has 5 nitrogen and oxygen atoms in total. The van der Waals surface area contributed by atoms with Gasteiger partial charge in [0.15, 0.2) is 0 Å². The van der Waals surface area contributed by atoms with Crippen LogP contribution in [0.2, 0.25) is 0 Å². The molecule has 0 atom stereocenters. The number of carbonyl (C=O) groups is 1. The highest BCUT2D eigenvalue weighted by molar-refractivity contribution is 5.96. The predicted octanol–water partition coefficient (Wildman–Crippen LogP) is -0.0774. The lowest BCUT2D eigenvalue weighted by atomic mass is 10.1. The topological polar surface area (TPSA) is 55.8 Å². The number of piperazine rings is 1. The molecule has 2 rings (SSSR count). The highest BCUT2D eigenvalue weighted by Gasteiger charge is 2.17. The highest BCUT2D eigenvalue weighted by atomic mass is 16.2. The second kappa shape index (κ2) is 7.06. The number of nitrogens with one attached hydrogen (secondary N) is 1. The molecule has 1 aromatic rings. The number of aliphatic hydroxyl groups is 1. The minimum Gasteiger partial charge on any atom is -0.384 e. The average Bonchev–Trinajstić information content (AvgIpc) is 2.47. The lowest BCUT2D eigenvalue weighted by Gasteiger charge is -2.32. The van der Waals surface area contributed by atoms with Gasteiger partial charge in [0.1, 0.15) is 6.61 Å². The van der Waals surface area contributed by atoms with E-state index in [1.165, 1.54) is 0 Å². The number of aliphatic hydroxyl groups excluding tert-OH is 1. The van der Waals surface area contributed by atoms with Crippen LogP contribution in [0.3, 0.4) is 0 Å². The number of amides is 1. The molecule has 0 spiro atoms. The SMILES string of the molecule is CN1CCN(NC(=O)c2ccccc2C#CCO)CC1. The molecule has 1 aliphatic heterocycles. The van der Waals surface area contributed by atoms with Crippen LogP contribution in [0.25, 0.3) is 0 Å². The van der Waals surface area contributed by atoms with Gasteiger partial charge in [0.25, 0.3) is 5.91 Å². The predicted molar refractivity (Wildman–Crippen MR) is 76.9 cm³/mol. The standard InChI is InChI=1S/C15H19N3O2/c1-17-8-10-18(11-9-17)16-15(20)14-7-3-2-5-13(14)6-4-12-19/h2-3,5,7,19H,8-12H2,1H3,(H,16,20). The molecule has 2 N–H and O–H groups in total. The largest absolute Gasteiger partial charge is 0.384 e. The number of nitrogens with zero attached hydrogens (tertiary/aromatic N) is 2. The summed E-state index contributed by atoms with van der Waals surface area (Å²) < 4.78 is 0. The Kier molecular flexibility index (Phi) is 5.13. The van der Waals surface area contributed by atoms with Crippen molar-refractivity contribution in [1.82, 2.24) is 15.3 Å². The van der Waals surface area contributed by atoms with Crippen molar-refractivity contribution in [1.29, 1.82) is 0 Å². The summed E-state index contributed by atoms with van der Waals surface area (Å²) in [4.78, 5) is 14.5. The molecule has 1 aliphatic rings. The van der Waals surface area contributed by atoms with E-state index in [0.717, 1.165) is 26.2 Å². The maximum Gasteiger partial charge on any atom is 0.266 e. The zero-order chi connectivity index (χ0) is 14.4. The second-order valence-corrected chi connectivity index (χ2v) is 4.74. The maximum atomic E-state index is 12.3. The molecule has 0 saturated carbocycles. The Balaban J connectivity index is 2.05. The van der Waals surface area contributed by atoms with Crippen LogP contribution in [0.15, 0.2) is 24.3 Å². The Labute approximate surface area is 119 Å². The molecule has 1 saturated heterocycles. The van der Waals surface area contributed by atoms with Gasteiger partial charge < -0.3 is 10.0 Å². The quantitative estimate of drug-likeness (QED) is 0.740. The first-order chi connectivity index (χ1) is 9.70. The number of benzene rings is 1.